The van der Waals surface area contributed by atoms with Crippen LogP contribution in [-0.2, 0) is 44.4 Å². The fraction of sp³-hybridized carbons (Fsp3) is 0.211. The van der Waals surface area contributed by atoms with Gasteiger partial charge in [-0.05, 0) is 61.2 Å². The number of pyridine rings is 2. The van der Waals surface area contributed by atoms with Crippen molar-refractivity contribution in [2.75, 3.05) is 18.4 Å². The summed E-state index contributed by atoms with van der Waals surface area (Å²) in [5.74, 6) is -4.02. The number of carbonyl (C=O) groups excluding carboxylic acids is 2. The summed E-state index contributed by atoms with van der Waals surface area (Å²) in [6, 6.07) is 9.76. The van der Waals surface area contributed by atoms with E-state index in [0.29, 0.717) is 40.2 Å². The molecule has 2 N–H and O–H groups in total. The molecule has 4 heterocycles. The molecule has 6 rings (SSSR count). The monoisotopic (exact) mass is 800 g/mol. The summed E-state index contributed by atoms with van der Waals surface area (Å²) in [7, 11) is -1.40. The molecule has 4 aromatic heterocycles. The number of amides is 1. The van der Waals surface area contributed by atoms with Crippen LogP contribution < -0.4 is 21.3 Å². The molecule has 1 atom stereocenters. The summed E-state index contributed by atoms with van der Waals surface area (Å²) in [6.45, 7) is 1.74. The number of carbonyl (C=O) groups is 2. The first kappa shape index (κ1) is 39.9. The molecule has 0 spiro atoms. The van der Waals surface area contributed by atoms with Crippen LogP contribution in [0.3, 0.4) is 0 Å². The summed E-state index contributed by atoms with van der Waals surface area (Å²) in [5.41, 5.74) is -0.666. The third-order valence-corrected chi connectivity index (χ3v) is 10.1. The minimum absolute atomic E-state index is 0.0378. The lowest BCUT2D eigenvalue weighted by Crippen LogP contribution is -2.42. The molecule has 0 aliphatic rings. The predicted molar refractivity (Wildman–Crippen MR) is 202 cm³/mol. The number of rotatable bonds is 14. The van der Waals surface area contributed by atoms with E-state index in [1.54, 1.807) is 25.4 Å². The van der Waals surface area contributed by atoms with Crippen LogP contribution in [0.4, 0.5) is 14.5 Å². The predicted octanol–water partition coefficient (Wildman–Crippen LogP) is 3.46. The second-order valence-electron chi connectivity index (χ2n) is 12.5. The zero-order valence-electron chi connectivity index (χ0n) is 30.6. The Morgan fingerprint density at radius 3 is 2.32 bits per heavy atom. The number of anilines is 1. The molecule has 0 bridgehead atoms. The van der Waals surface area contributed by atoms with Gasteiger partial charge in [0.1, 0.15) is 30.1 Å². The number of aromatic nitrogens is 6. The Hall–Kier alpha value is -6.73. The normalized spacial score (nSPS) is 11.9. The van der Waals surface area contributed by atoms with Crippen molar-refractivity contribution in [1.82, 2.24) is 34.4 Å². The molecule has 57 heavy (non-hydrogen) atoms. The minimum atomic E-state index is -4.41. The van der Waals surface area contributed by atoms with Gasteiger partial charge < -0.3 is 14.8 Å². The molecule has 0 radical (unpaired) electrons. The largest absolute Gasteiger partial charge is 0.464 e. The first-order valence-corrected chi connectivity index (χ1v) is 18.7. The van der Waals surface area contributed by atoms with Gasteiger partial charge >= 0.3 is 11.7 Å². The van der Waals surface area contributed by atoms with Crippen molar-refractivity contribution < 1.29 is 36.3 Å². The van der Waals surface area contributed by atoms with Gasteiger partial charge in [0.15, 0.2) is 5.82 Å². The highest BCUT2D eigenvalue weighted by Gasteiger charge is 2.26. The Kier molecular flexibility index (Phi) is 11.9. The SMILES string of the molecule is CCOC(=O)[C@H](CCc1ccc(-n2c(=O)c3ccncc3n(C)c2=O)nc1)NC(=O)c1cc(F)c(NS(=O)(=O)c2ccc(-c3cnc(COC)nc3)cc2)cc1F. The van der Waals surface area contributed by atoms with Crippen molar-refractivity contribution in [2.45, 2.75) is 37.3 Å². The van der Waals surface area contributed by atoms with Crippen LogP contribution in [0.2, 0.25) is 0 Å². The van der Waals surface area contributed by atoms with E-state index in [4.69, 9.17) is 9.47 Å². The Bertz CT molecular complexity index is 2690. The molecule has 0 aliphatic carbocycles. The number of benzene rings is 2. The standard InChI is InChI=1S/C38H34F2N8O8S/c1-4-56-37(51)30(11-5-22-6-12-34(44-17-22)48-36(50)26-13-14-41-20-32(26)47(2)38(48)52)45-35(49)27-15-29(40)31(16-28(27)39)46-57(53,54)25-9-7-23(8-10-25)24-18-42-33(21-55-3)43-19-24/h6-10,12-20,30,46H,4-5,11,21H2,1-3H3,(H,45,49)/t30-/m0/s1. The third kappa shape index (κ3) is 8.73. The number of fused-ring (bicyclic) bond motifs is 1. The molecular formula is C38H34F2N8O8S. The van der Waals surface area contributed by atoms with Crippen LogP contribution in [0.25, 0.3) is 27.8 Å². The van der Waals surface area contributed by atoms with E-state index in [-0.39, 0.29) is 42.2 Å². The van der Waals surface area contributed by atoms with E-state index < -0.39 is 62.1 Å². The lowest BCUT2D eigenvalue weighted by molar-refractivity contribution is -0.145. The molecule has 0 saturated carbocycles. The maximum atomic E-state index is 15.3. The van der Waals surface area contributed by atoms with Crippen molar-refractivity contribution in [3.05, 3.63) is 135 Å². The van der Waals surface area contributed by atoms with Gasteiger partial charge in [-0.2, -0.15) is 0 Å². The molecule has 1 amide bonds. The second-order valence-corrected chi connectivity index (χ2v) is 14.2. The number of aryl methyl sites for hydroxylation is 2. The van der Waals surface area contributed by atoms with E-state index in [0.717, 1.165) is 4.57 Å². The van der Waals surface area contributed by atoms with Crippen LogP contribution in [0.1, 0.15) is 35.1 Å². The Morgan fingerprint density at radius 2 is 1.65 bits per heavy atom. The van der Waals surface area contributed by atoms with Gasteiger partial charge in [-0.1, -0.05) is 18.2 Å². The molecule has 19 heteroatoms. The van der Waals surface area contributed by atoms with Crippen LogP contribution in [-0.4, -0.2) is 69.1 Å². The number of sulfonamides is 1. The van der Waals surface area contributed by atoms with Crippen molar-refractivity contribution in [2.24, 2.45) is 7.05 Å². The lowest BCUT2D eigenvalue weighted by Gasteiger charge is -2.18. The van der Waals surface area contributed by atoms with Gasteiger partial charge in [0.05, 0.1) is 39.9 Å². The van der Waals surface area contributed by atoms with Gasteiger partial charge in [0.25, 0.3) is 21.5 Å². The zero-order valence-corrected chi connectivity index (χ0v) is 31.4. The summed E-state index contributed by atoms with van der Waals surface area (Å²) in [4.78, 5) is 68.5. The molecule has 0 unspecified atom stereocenters. The van der Waals surface area contributed by atoms with Crippen molar-refractivity contribution in [3.8, 4) is 16.9 Å². The molecule has 0 aliphatic heterocycles. The quantitative estimate of drug-likeness (QED) is 0.152. The number of ether oxygens (including phenoxy) is 2. The summed E-state index contributed by atoms with van der Waals surface area (Å²) in [5, 5.41) is 2.63. The molecule has 16 nitrogen and oxygen atoms in total. The van der Waals surface area contributed by atoms with E-state index in [2.05, 4.69) is 25.3 Å². The van der Waals surface area contributed by atoms with Crippen molar-refractivity contribution in [1.29, 1.82) is 0 Å². The topological polar surface area (TPSA) is 206 Å². The highest BCUT2D eigenvalue weighted by atomic mass is 32.2. The average Bonchev–Trinajstić information content (AvgIpc) is 3.20. The highest BCUT2D eigenvalue weighted by molar-refractivity contribution is 7.92. The van der Waals surface area contributed by atoms with E-state index in [9.17, 15) is 27.6 Å². The second kappa shape index (κ2) is 17.0. The van der Waals surface area contributed by atoms with Crippen LogP contribution in [0.5, 0.6) is 0 Å². The van der Waals surface area contributed by atoms with Gasteiger partial charge in [-0.15, -0.1) is 0 Å². The summed E-state index contributed by atoms with van der Waals surface area (Å²) >= 11 is 0. The van der Waals surface area contributed by atoms with E-state index >= 15 is 8.78 Å². The number of nitrogens with one attached hydrogen (secondary N) is 2. The number of esters is 1. The molecule has 2 aromatic carbocycles. The first-order chi connectivity index (χ1) is 27.3. The van der Waals surface area contributed by atoms with Crippen LogP contribution >= 0.6 is 0 Å². The maximum Gasteiger partial charge on any atom is 0.337 e. The van der Waals surface area contributed by atoms with E-state index in [1.165, 1.54) is 73.7 Å². The molecule has 0 saturated heterocycles. The van der Waals surface area contributed by atoms with Gasteiger partial charge in [-0.25, -0.2) is 46.3 Å². The smallest absolute Gasteiger partial charge is 0.337 e. The number of halogens is 2. The number of nitrogens with zero attached hydrogens (tertiary/aromatic N) is 6. The van der Waals surface area contributed by atoms with Gasteiger partial charge in [-0.3, -0.25) is 23.9 Å². The van der Waals surface area contributed by atoms with Gasteiger partial charge in [0, 0.05) is 50.6 Å². The zero-order chi connectivity index (χ0) is 40.9. The Balaban J connectivity index is 1.14. The van der Waals surface area contributed by atoms with Gasteiger partial charge in [0.2, 0.25) is 0 Å². The summed E-state index contributed by atoms with van der Waals surface area (Å²) < 4.78 is 71.0. The Morgan fingerprint density at radius 1 is 0.912 bits per heavy atom. The number of hydrogen-bond donors (Lipinski definition) is 2. The number of hydrogen-bond acceptors (Lipinski definition) is 12. The fourth-order valence-electron chi connectivity index (χ4n) is 5.77. The highest BCUT2D eigenvalue weighted by Crippen LogP contribution is 2.25. The fourth-order valence-corrected chi connectivity index (χ4v) is 6.83. The average molecular weight is 801 g/mol. The Labute approximate surface area is 323 Å². The molecular weight excluding hydrogens is 767 g/mol. The lowest BCUT2D eigenvalue weighted by atomic mass is 10.1. The van der Waals surface area contributed by atoms with E-state index in [1.807, 2.05) is 4.72 Å². The van der Waals surface area contributed by atoms with Crippen LogP contribution in [0.15, 0.2) is 100 Å². The molecule has 6 aromatic rings. The first-order valence-electron chi connectivity index (χ1n) is 17.2. The third-order valence-electron chi connectivity index (χ3n) is 8.73. The maximum absolute atomic E-state index is 15.3. The van der Waals surface area contributed by atoms with Crippen molar-refractivity contribution >= 4 is 38.5 Å². The van der Waals surface area contributed by atoms with Crippen molar-refractivity contribution in [3.63, 3.8) is 0 Å². The summed E-state index contributed by atoms with van der Waals surface area (Å²) in [6.07, 6.45) is 7.39. The minimum Gasteiger partial charge on any atom is -0.464 e. The molecule has 294 valence electrons. The molecule has 0 fully saturated rings. The van der Waals surface area contributed by atoms with Crippen LogP contribution in [0, 0.1) is 11.6 Å². The number of methoxy groups -OCH3 is 1.